The summed E-state index contributed by atoms with van der Waals surface area (Å²) < 4.78 is 5.70. The van der Waals surface area contributed by atoms with Gasteiger partial charge in [-0.05, 0) is 31.1 Å². The summed E-state index contributed by atoms with van der Waals surface area (Å²) in [6.45, 7) is 6.39. The summed E-state index contributed by atoms with van der Waals surface area (Å²) in [6.07, 6.45) is 1.32. The molecule has 36 heavy (non-hydrogen) atoms. The van der Waals surface area contributed by atoms with Gasteiger partial charge in [-0.3, -0.25) is 9.59 Å². The third-order valence-electron chi connectivity index (χ3n) is 6.12. The summed E-state index contributed by atoms with van der Waals surface area (Å²) in [5.41, 5.74) is 6.70. The average Bonchev–Trinajstić information content (AvgIpc) is 2.77. The predicted molar refractivity (Wildman–Crippen MR) is 133 cm³/mol. The summed E-state index contributed by atoms with van der Waals surface area (Å²) in [7, 11) is 0. The Balaban J connectivity index is 0.00000361. The first-order valence-corrected chi connectivity index (χ1v) is 12.3. The van der Waals surface area contributed by atoms with Crippen LogP contribution in [-0.4, -0.2) is 70.7 Å². The van der Waals surface area contributed by atoms with E-state index in [2.05, 4.69) is 15.2 Å². The Bertz CT molecular complexity index is 1080. The molecule has 4 rings (SSSR count). The van der Waals surface area contributed by atoms with Crippen LogP contribution in [0, 0.1) is 5.41 Å². The van der Waals surface area contributed by atoms with Crippen molar-refractivity contribution >= 4 is 40.8 Å². The van der Waals surface area contributed by atoms with E-state index in [1.54, 1.807) is 0 Å². The van der Waals surface area contributed by atoms with Crippen molar-refractivity contribution in [2.24, 2.45) is 5.41 Å². The van der Waals surface area contributed by atoms with Crippen molar-refractivity contribution in [3.63, 3.8) is 0 Å². The van der Waals surface area contributed by atoms with E-state index in [4.69, 9.17) is 38.5 Å². The van der Waals surface area contributed by atoms with Gasteiger partial charge in [-0.15, -0.1) is 5.69 Å². The minimum absolute atomic E-state index is 0. The van der Waals surface area contributed by atoms with Crippen LogP contribution in [0.5, 0.6) is 5.88 Å². The monoisotopic (exact) mass is 609 g/mol. The number of rotatable bonds is 11. The number of benzene rings is 1. The van der Waals surface area contributed by atoms with Crippen LogP contribution >= 0.6 is 23.2 Å². The Morgan fingerprint density at radius 1 is 1.25 bits per heavy atom. The number of carbonyl (C=O) groups is 2. The smallest absolute Gasteiger partial charge is 0.304 e. The van der Waals surface area contributed by atoms with Gasteiger partial charge >= 0.3 is 5.97 Å². The van der Waals surface area contributed by atoms with Gasteiger partial charge in [-0.2, -0.15) is 0 Å². The molecule has 1 spiro atoms. The van der Waals surface area contributed by atoms with E-state index in [1.807, 2.05) is 36.2 Å². The molecule has 2 fully saturated rings. The second-order valence-electron chi connectivity index (χ2n) is 9.12. The van der Waals surface area contributed by atoms with Crippen molar-refractivity contribution in [1.82, 2.24) is 20.2 Å². The number of nitrogens with zero attached hydrogens (tertiary/aromatic N) is 4. The number of amides is 1. The van der Waals surface area contributed by atoms with Crippen LogP contribution in [0.3, 0.4) is 0 Å². The van der Waals surface area contributed by atoms with E-state index in [0.29, 0.717) is 24.5 Å². The summed E-state index contributed by atoms with van der Waals surface area (Å²) >= 11 is 12.0. The predicted octanol–water partition coefficient (Wildman–Crippen LogP) is 3.87. The average molecular weight is 610 g/mol. The summed E-state index contributed by atoms with van der Waals surface area (Å²) in [5.74, 6) is -0.847. The van der Waals surface area contributed by atoms with Gasteiger partial charge in [0.2, 0.25) is 5.88 Å². The van der Waals surface area contributed by atoms with Gasteiger partial charge < -0.3 is 30.5 Å². The molecule has 0 saturated carbocycles. The van der Waals surface area contributed by atoms with E-state index in [-0.39, 0.29) is 61.4 Å². The fourth-order valence-corrected chi connectivity index (χ4v) is 4.88. The molecule has 2 aromatic rings. The number of hydrogen-bond donors (Lipinski definition) is 2. The number of carboxylic acids is 1. The molecule has 0 bridgehead atoms. The van der Waals surface area contributed by atoms with Crippen LogP contribution in [0.1, 0.15) is 25.3 Å². The molecule has 1 radical (unpaired) electrons. The van der Waals surface area contributed by atoms with Crippen LogP contribution in [0.25, 0.3) is 5.43 Å². The Hall–Kier alpha value is -1.49. The van der Waals surface area contributed by atoms with Crippen LogP contribution in [-0.2, 0) is 48.8 Å². The molecular weight excluding hydrogens is 582 g/mol. The maximum absolute atomic E-state index is 12.7. The minimum atomic E-state index is -0.757. The van der Waals surface area contributed by atoms with Gasteiger partial charge in [0.05, 0.1) is 11.4 Å². The molecule has 0 aliphatic carbocycles. The first-order chi connectivity index (χ1) is 16.7. The molecule has 1 aromatic carbocycles. The number of hydrogen-bond acceptors (Lipinski definition) is 6. The zero-order chi connectivity index (χ0) is 25.0. The number of halogens is 2. The van der Waals surface area contributed by atoms with Crippen molar-refractivity contribution in [3.8, 4) is 5.88 Å². The van der Waals surface area contributed by atoms with Crippen molar-refractivity contribution in [3.05, 3.63) is 57.6 Å². The van der Waals surface area contributed by atoms with E-state index in [0.717, 1.165) is 37.4 Å². The first-order valence-electron chi connectivity index (χ1n) is 11.5. The number of likely N-dealkylation sites (tertiary alicyclic amines) is 1. The van der Waals surface area contributed by atoms with Crippen molar-refractivity contribution in [2.75, 3.05) is 32.7 Å². The number of carboxylic acid groups (broad SMARTS) is 1. The summed E-state index contributed by atoms with van der Waals surface area (Å²) in [6, 6.07) is 9.25. The van der Waals surface area contributed by atoms with E-state index >= 15 is 0 Å². The van der Waals surface area contributed by atoms with E-state index in [1.165, 1.54) is 12.3 Å². The fourth-order valence-electron chi connectivity index (χ4n) is 4.45. The molecule has 9 nitrogen and oxygen atoms in total. The van der Waals surface area contributed by atoms with Crippen LogP contribution < -0.4 is 10.1 Å². The molecule has 2 saturated heterocycles. The maximum Gasteiger partial charge on any atom is 0.304 e. The van der Waals surface area contributed by atoms with Gasteiger partial charge in [0.15, 0.2) is 6.10 Å². The Morgan fingerprint density at radius 2 is 2.00 bits per heavy atom. The first kappa shape index (κ1) is 29.1. The van der Waals surface area contributed by atoms with Gasteiger partial charge in [-0.1, -0.05) is 54.4 Å². The zero-order valence-corrected chi connectivity index (χ0v) is 24.3. The van der Waals surface area contributed by atoms with Crippen molar-refractivity contribution < 1.29 is 52.1 Å². The van der Waals surface area contributed by atoms with Crippen molar-refractivity contribution in [1.29, 1.82) is 0 Å². The minimum Gasteiger partial charge on any atom is -0.620 e. The van der Waals surface area contributed by atoms with Gasteiger partial charge in [-0.25, -0.2) is 4.98 Å². The number of nitrogens with one attached hydrogen (secondary N) is 1. The van der Waals surface area contributed by atoms with Crippen LogP contribution in [0.15, 0.2) is 36.5 Å². The Morgan fingerprint density at radius 3 is 2.67 bits per heavy atom. The Labute approximate surface area is 245 Å². The molecule has 3 heterocycles. The Kier molecular flexibility index (Phi) is 10.4. The topological polar surface area (TPSA) is 109 Å². The maximum atomic E-state index is 12.7. The normalized spacial score (nSPS) is 17.3. The molecule has 1 amide bonds. The van der Waals surface area contributed by atoms with Gasteiger partial charge in [0.1, 0.15) is 5.02 Å². The SMILES string of the molecule is CCC(Oc1ncc(Cl)cc1Cl)C(=O)NCc1cccc([N-]N2CC3(CN(CCC(=O)O)C3)C2)c1.[Y]. The second-order valence-corrected chi connectivity index (χ2v) is 9.96. The quantitative estimate of drug-likeness (QED) is 0.398. The largest absolute Gasteiger partial charge is 0.620 e. The second kappa shape index (κ2) is 12.8. The van der Waals surface area contributed by atoms with Gasteiger partial charge in [0.25, 0.3) is 5.91 Å². The summed E-state index contributed by atoms with van der Waals surface area (Å²) in [5, 5.41) is 14.4. The molecule has 191 valence electrons. The molecule has 2 aliphatic heterocycles. The van der Waals surface area contributed by atoms with Crippen LogP contribution in [0.4, 0.5) is 5.69 Å². The third kappa shape index (κ3) is 7.52. The molecule has 2 N–H and O–H groups in total. The fraction of sp³-hybridized carbons (Fsp3) is 0.458. The number of aliphatic carboxylic acids is 1. The number of ether oxygens (including phenoxy) is 1. The molecule has 2 aliphatic rings. The standard InChI is InChI=1S/C24H28Cl2N5O4.Y/c1-2-20(35-23-19(26)9-17(25)11-28-23)22(34)27-10-16-4-3-5-18(8-16)29-31-14-24(15-31)12-30(13-24)7-6-21(32)33;/h3-5,8-9,11,20H,2,6-7,10,12-15H2,1H3,(H,27,34)(H,32,33);/q-1;. The molecule has 1 unspecified atom stereocenters. The molecular formula is C24H28Cl2N5O4Y-. The molecule has 1 aromatic heterocycles. The molecule has 12 heteroatoms. The van der Waals surface area contributed by atoms with Crippen molar-refractivity contribution in [2.45, 2.75) is 32.4 Å². The van der Waals surface area contributed by atoms with Gasteiger partial charge in [0, 0.05) is 70.5 Å². The van der Waals surface area contributed by atoms with E-state index in [9.17, 15) is 9.59 Å². The molecule has 1 atom stereocenters. The zero-order valence-electron chi connectivity index (χ0n) is 20.0. The number of pyridine rings is 1. The number of carbonyl (C=O) groups excluding carboxylic acids is 1. The third-order valence-corrected chi connectivity index (χ3v) is 6.60. The number of aromatic nitrogens is 1. The van der Waals surface area contributed by atoms with Crippen LogP contribution in [0.2, 0.25) is 10.0 Å². The van der Waals surface area contributed by atoms with E-state index < -0.39 is 12.1 Å². The summed E-state index contributed by atoms with van der Waals surface area (Å²) in [4.78, 5) is 29.6.